The Morgan fingerprint density at radius 2 is 2.05 bits per heavy atom. The Balaban J connectivity index is 1.81. The summed E-state index contributed by atoms with van der Waals surface area (Å²) in [5, 5.41) is 7.78. The van der Waals surface area contributed by atoms with E-state index in [0.717, 1.165) is 30.1 Å². The van der Waals surface area contributed by atoms with Crippen LogP contribution in [0.2, 0.25) is 0 Å². The van der Waals surface area contributed by atoms with E-state index < -0.39 is 0 Å². The van der Waals surface area contributed by atoms with Crippen LogP contribution in [0.5, 0.6) is 5.75 Å². The van der Waals surface area contributed by atoms with Crippen LogP contribution in [-0.2, 0) is 0 Å². The molecule has 0 bridgehead atoms. The number of ether oxygens (including phenoxy) is 1. The molecule has 3 rings (SSSR count). The molecule has 1 aromatic rings. The summed E-state index contributed by atoms with van der Waals surface area (Å²) in [6, 6.07) is 6.40. The van der Waals surface area contributed by atoms with Crippen LogP contribution in [0.1, 0.15) is 24.8 Å². The second kappa shape index (κ2) is 5.93. The zero-order chi connectivity index (χ0) is 14.8. The van der Waals surface area contributed by atoms with E-state index >= 15 is 0 Å². The Morgan fingerprint density at radius 3 is 2.71 bits per heavy atom. The molecule has 2 fully saturated rings. The van der Waals surface area contributed by atoms with Crippen molar-refractivity contribution < 1.29 is 4.74 Å². The van der Waals surface area contributed by atoms with Crippen LogP contribution in [0.3, 0.4) is 0 Å². The van der Waals surface area contributed by atoms with Crippen molar-refractivity contribution in [1.29, 1.82) is 5.41 Å². The van der Waals surface area contributed by atoms with Crippen LogP contribution < -0.4 is 15.4 Å². The highest BCUT2D eigenvalue weighted by Gasteiger charge is 2.30. The molecular weight excluding hydrogens is 264 g/mol. The second-order valence-corrected chi connectivity index (χ2v) is 5.93. The molecule has 1 aromatic carbocycles. The van der Waals surface area contributed by atoms with E-state index in [0.29, 0.717) is 6.04 Å². The number of nitrogens with one attached hydrogen (secondary N) is 1. The fourth-order valence-electron chi connectivity index (χ4n) is 3.49. The van der Waals surface area contributed by atoms with E-state index in [1.54, 1.807) is 7.11 Å². The number of nitrogen functional groups attached to an aromatic ring is 1. The topological polar surface area (TPSA) is 65.6 Å². The minimum atomic E-state index is 0.122. The maximum Gasteiger partial charge on any atom is 0.124 e. The fraction of sp³-hybridized carbons (Fsp3) is 0.562. The highest BCUT2D eigenvalue weighted by Crippen LogP contribution is 2.30. The number of hydrogen-bond acceptors (Lipinski definition) is 4. The molecule has 0 aliphatic carbocycles. The molecule has 2 aliphatic rings. The lowest BCUT2D eigenvalue weighted by molar-refractivity contribution is 0.260. The molecule has 0 aromatic heterocycles. The zero-order valence-corrected chi connectivity index (χ0v) is 12.6. The molecule has 5 nitrogen and oxygen atoms in total. The van der Waals surface area contributed by atoms with Gasteiger partial charge in [-0.25, -0.2) is 0 Å². The average Bonchev–Trinajstić information content (AvgIpc) is 3.17. The maximum absolute atomic E-state index is 7.78. The summed E-state index contributed by atoms with van der Waals surface area (Å²) in [5.74, 6) is 0.942. The normalized spacial score (nSPS) is 22.7. The van der Waals surface area contributed by atoms with Gasteiger partial charge < -0.3 is 15.4 Å². The van der Waals surface area contributed by atoms with Gasteiger partial charge in [0.05, 0.1) is 12.8 Å². The molecule has 2 saturated heterocycles. The van der Waals surface area contributed by atoms with Gasteiger partial charge >= 0.3 is 0 Å². The quantitative estimate of drug-likeness (QED) is 0.653. The number of rotatable bonds is 4. The molecule has 0 spiro atoms. The molecule has 5 heteroatoms. The first-order chi connectivity index (χ1) is 10.2. The molecule has 0 radical (unpaired) electrons. The minimum Gasteiger partial charge on any atom is -0.497 e. The lowest BCUT2D eigenvalue weighted by Gasteiger charge is -2.26. The summed E-state index contributed by atoms with van der Waals surface area (Å²) in [4.78, 5) is 4.95. The first-order valence-corrected chi connectivity index (χ1v) is 7.70. The highest BCUT2D eigenvalue weighted by atomic mass is 16.5. The van der Waals surface area contributed by atoms with Crippen molar-refractivity contribution in [2.75, 3.05) is 38.2 Å². The van der Waals surface area contributed by atoms with Crippen molar-refractivity contribution in [3.8, 4) is 5.75 Å². The summed E-state index contributed by atoms with van der Waals surface area (Å²) in [7, 11) is 1.67. The SMILES string of the molecule is COc1ccc(C(=N)N)c(N2CCC(N3CCCC3)C2)c1. The molecule has 114 valence electrons. The summed E-state index contributed by atoms with van der Waals surface area (Å²) < 4.78 is 5.33. The predicted octanol–water partition coefficient (Wildman–Crippen LogP) is 1.65. The Hall–Kier alpha value is -1.75. The monoisotopic (exact) mass is 288 g/mol. The lowest BCUT2D eigenvalue weighted by Crippen LogP contribution is -2.35. The number of benzene rings is 1. The maximum atomic E-state index is 7.78. The van der Waals surface area contributed by atoms with Gasteiger partial charge in [0.25, 0.3) is 0 Å². The van der Waals surface area contributed by atoms with Gasteiger partial charge in [-0.15, -0.1) is 0 Å². The zero-order valence-electron chi connectivity index (χ0n) is 12.6. The van der Waals surface area contributed by atoms with Gasteiger partial charge in [0.15, 0.2) is 0 Å². The van der Waals surface area contributed by atoms with Crippen molar-refractivity contribution >= 4 is 11.5 Å². The molecule has 2 heterocycles. The fourth-order valence-corrected chi connectivity index (χ4v) is 3.49. The Kier molecular flexibility index (Phi) is 4.01. The Bertz CT molecular complexity index is 525. The third-order valence-corrected chi connectivity index (χ3v) is 4.66. The lowest BCUT2D eigenvalue weighted by atomic mass is 10.1. The molecule has 0 saturated carbocycles. The smallest absolute Gasteiger partial charge is 0.124 e. The number of hydrogen-bond donors (Lipinski definition) is 2. The predicted molar refractivity (Wildman–Crippen MR) is 85.4 cm³/mol. The largest absolute Gasteiger partial charge is 0.497 e. The third-order valence-electron chi connectivity index (χ3n) is 4.66. The van der Waals surface area contributed by atoms with E-state index in [1.807, 2.05) is 18.2 Å². The van der Waals surface area contributed by atoms with Crippen LogP contribution in [0, 0.1) is 5.41 Å². The van der Waals surface area contributed by atoms with E-state index in [2.05, 4.69) is 9.80 Å². The van der Waals surface area contributed by atoms with Crippen LogP contribution in [0.4, 0.5) is 5.69 Å². The number of nitrogens with two attached hydrogens (primary N) is 1. The molecule has 1 atom stereocenters. The number of amidine groups is 1. The molecule has 0 amide bonds. The van der Waals surface area contributed by atoms with Crippen molar-refractivity contribution in [2.45, 2.75) is 25.3 Å². The average molecular weight is 288 g/mol. The van der Waals surface area contributed by atoms with Crippen molar-refractivity contribution in [3.63, 3.8) is 0 Å². The molecule has 3 N–H and O–H groups in total. The number of nitrogens with zero attached hydrogens (tertiary/aromatic N) is 2. The van der Waals surface area contributed by atoms with Gasteiger partial charge in [-0.05, 0) is 44.5 Å². The molecule has 1 unspecified atom stereocenters. The Morgan fingerprint density at radius 1 is 1.29 bits per heavy atom. The first kappa shape index (κ1) is 14.2. The summed E-state index contributed by atoms with van der Waals surface area (Å²) in [6.07, 6.45) is 3.84. The summed E-state index contributed by atoms with van der Waals surface area (Å²) in [6.45, 7) is 4.51. The molecule has 2 aliphatic heterocycles. The van der Waals surface area contributed by atoms with Gasteiger partial charge in [0.1, 0.15) is 11.6 Å². The van der Waals surface area contributed by atoms with Gasteiger partial charge in [-0.3, -0.25) is 10.3 Å². The van der Waals surface area contributed by atoms with E-state index in [1.165, 1.54) is 32.4 Å². The van der Waals surface area contributed by atoms with Crippen LogP contribution in [0.15, 0.2) is 18.2 Å². The van der Waals surface area contributed by atoms with Gasteiger partial charge in [0, 0.05) is 30.8 Å². The minimum absolute atomic E-state index is 0.122. The third kappa shape index (κ3) is 2.83. The van der Waals surface area contributed by atoms with E-state index in [-0.39, 0.29) is 5.84 Å². The van der Waals surface area contributed by atoms with Crippen molar-refractivity contribution in [3.05, 3.63) is 23.8 Å². The summed E-state index contributed by atoms with van der Waals surface area (Å²) >= 11 is 0. The van der Waals surface area contributed by atoms with Crippen LogP contribution in [-0.4, -0.2) is 50.1 Å². The molecular formula is C16H24N4O. The standard InChI is InChI=1S/C16H24N4O/c1-21-13-4-5-14(16(17)18)15(10-13)20-9-6-12(11-20)19-7-2-3-8-19/h4-5,10,12H,2-3,6-9,11H2,1H3,(H3,17,18). The van der Waals surface area contributed by atoms with Gasteiger partial charge in [-0.1, -0.05) is 0 Å². The van der Waals surface area contributed by atoms with Gasteiger partial charge in [-0.2, -0.15) is 0 Å². The second-order valence-electron chi connectivity index (χ2n) is 5.93. The molecule has 21 heavy (non-hydrogen) atoms. The van der Waals surface area contributed by atoms with E-state index in [4.69, 9.17) is 15.9 Å². The Labute approximate surface area is 126 Å². The van der Waals surface area contributed by atoms with Crippen LogP contribution in [0.25, 0.3) is 0 Å². The number of anilines is 1. The van der Waals surface area contributed by atoms with Crippen molar-refractivity contribution in [1.82, 2.24) is 4.90 Å². The summed E-state index contributed by atoms with van der Waals surface area (Å²) in [5.41, 5.74) is 7.57. The van der Waals surface area contributed by atoms with Crippen molar-refractivity contribution in [2.24, 2.45) is 5.73 Å². The highest BCUT2D eigenvalue weighted by molar-refractivity contribution is 6.00. The van der Waals surface area contributed by atoms with E-state index in [9.17, 15) is 0 Å². The number of methoxy groups -OCH3 is 1. The van der Waals surface area contributed by atoms with Gasteiger partial charge in [0.2, 0.25) is 0 Å². The first-order valence-electron chi connectivity index (χ1n) is 7.70. The number of likely N-dealkylation sites (tertiary alicyclic amines) is 1. The van der Waals surface area contributed by atoms with Crippen LogP contribution >= 0.6 is 0 Å².